The Kier molecular flexibility index (Phi) is 5.78. The molecule has 0 radical (unpaired) electrons. The minimum absolute atomic E-state index is 0.190. The van der Waals surface area contributed by atoms with Crippen molar-refractivity contribution in [2.75, 3.05) is 7.11 Å². The maximum atomic E-state index is 12.6. The Morgan fingerprint density at radius 1 is 1.30 bits per heavy atom. The normalized spacial score (nSPS) is 11.6. The van der Waals surface area contributed by atoms with Gasteiger partial charge in [0.2, 0.25) is 0 Å². The molecule has 1 heterocycles. The molecule has 0 N–H and O–H groups in total. The fraction of sp³-hybridized carbons (Fsp3) is 0.273. The topological polar surface area (TPSA) is 43.6 Å². The Morgan fingerprint density at radius 3 is 2.81 bits per heavy atom. The molecule has 0 aliphatic rings. The highest BCUT2D eigenvalue weighted by Gasteiger charge is 2.11. The minimum atomic E-state index is -0.216. The fourth-order valence-electron chi connectivity index (χ4n) is 3.02. The van der Waals surface area contributed by atoms with E-state index in [1.165, 1.54) is 16.9 Å². The van der Waals surface area contributed by atoms with E-state index < -0.39 is 0 Å². The lowest BCUT2D eigenvalue weighted by Gasteiger charge is -2.07. The summed E-state index contributed by atoms with van der Waals surface area (Å²) in [6.45, 7) is 4.49. The number of amides is 1. The monoisotopic (exact) mass is 378 g/mol. The van der Waals surface area contributed by atoms with E-state index in [4.69, 9.17) is 11.2 Å². The van der Waals surface area contributed by atoms with Crippen LogP contribution >= 0.6 is 11.3 Å². The van der Waals surface area contributed by atoms with Gasteiger partial charge in [-0.3, -0.25) is 4.79 Å². The maximum Gasteiger partial charge on any atom is 0.252 e. The number of carbonyl (C=O) groups is 1. The quantitative estimate of drug-likeness (QED) is 0.632. The summed E-state index contributed by atoms with van der Waals surface area (Å²) in [5.74, 6) is 3.14. The second kappa shape index (κ2) is 8.24. The number of hydrogen-bond acceptors (Lipinski definition) is 3. The van der Waals surface area contributed by atoms with Crippen molar-refractivity contribution in [2.45, 2.75) is 33.2 Å². The van der Waals surface area contributed by atoms with Crippen LogP contribution in [0.2, 0.25) is 0 Å². The first-order valence-corrected chi connectivity index (χ1v) is 9.64. The van der Waals surface area contributed by atoms with Crippen LogP contribution < -0.4 is 9.54 Å². The van der Waals surface area contributed by atoms with Gasteiger partial charge in [-0.1, -0.05) is 47.9 Å². The van der Waals surface area contributed by atoms with Crippen LogP contribution in [0.15, 0.2) is 41.4 Å². The molecule has 0 fully saturated rings. The predicted molar refractivity (Wildman–Crippen MR) is 110 cm³/mol. The summed E-state index contributed by atoms with van der Waals surface area (Å²) in [7, 11) is 1.61. The molecule has 0 atom stereocenters. The lowest BCUT2D eigenvalue weighted by Crippen LogP contribution is -2.17. The van der Waals surface area contributed by atoms with Crippen molar-refractivity contribution in [3.05, 3.63) is 57.9 Å². The number of rotatable bonds is 5. The van der Waals surface area contributed by atoms with Crippen LogP contribution in [-0.2, 0) is 24.2 Å². The van der Waals surface area contributed by atoms with Crippen LogP contribution in [0.4, 0.5) is 0 Å². The number of methoxy groups -OCH3 is 1. The van der Waals surface area contributed by atoms with Crippen molar-refractivity contribution in [3.63, 3.8) is 0 Å². The number of aryl methyl sites for hydroxylation is 2. The first kappa shape index (κ1) is 18.9. The van der Waals surface area contributed by atoms with Crippen LogP contribution in [0, 0.1) is 19.3 Å². The Balaban J connectivity index is 2.02. The lowest BCUT2D eigenvalue weighted by molar-refractivity contribution is -0.117. The van der Waals surface area contributed by atoms with Crippen molar-refractivity contribution in [2.24, 2.45) is 4.99 Å². The van der Waals surface area contributed by atoms with Gasteiger partial charge in [-0.25, -0.2) is 0 Å². The third-order valence-electron chi connectivity index (χ3n) is 4.40. The maximum absolute atomic E-state index is 12.6. The van der Waals surface area contributed by atoms with Crippen LogP contribution in [0.3, 0.4) is 0 Å². The summed E-state index contributed by atoms with van der Waals surface area (Å²) in [6.07, 6.45) is 6.68. The number of benzene rings is 2. The smallest absolute Gasteiger partial charge is 0.252 e. The van der Waals surface area contributed by atoms with E-state index in [-0.39, 0.29) is 12.3 Å². The summed E-state index contributed by atoms with van der Waals surface area (Å²) < 4.78 is 8.37. The number of thiazole rings is 1. The van der Waals surface area contributed by atoms with E-state index in [1.54, 1.807) is 7.11 Å². The summed E-state index contributed by atoms with van der Waals surface area (Å²) in [6, 6.07) is 12.1. The third kappa shape index (κ3) is 4.12. The van der Waals surface area contributed by atoms with E-state index in [0.29, 0.717) is 17.1 Å². The van der Waals surface area contributed by atoms with Crippen molar-refractivity contribution < 1.29 is 9.53 Å². The summed E-state index contributed by atoms with van der Waals surface area (Å²) in [4.78, 5) is 17.6. The van der Waals surface area contributed by atoms with Gasteiger partial charge in [0.15, 0.2) is 4.80 Å². The number of nitrogens with zero attached hydrogens (tertiary/aromatic N) is 2. The molecule has 138 valence electrons. The standard InChI is InChI=1S/C22H22N2O2S/c1-5-11-24-18-9-8-16(6-2)13-20(18)27-22(24)23-21(25)14-17-12-15(3)7-10-19(17)26-4/h1,7-10,12-13H,6,11,14H2,2-4H3. The zero-order chi connectivity index (χ0) is 19.4. The molecule has 3 rings (SSSR count). The zero-order valence-electron chi connectivity index (χ0n) is 15.8. The van der Waals surface area contributed by atoms with Crippen molar-refractivity contribution in [1.29, 1.82) is 0 Å². The van der Waals surface area contributed by atoms with E-state index >= 15 is 0 Å². The van der Waals surface area contributed by atoms with E-state index in [2.05, 4.69) is 36.0 Å². The molecule has 5 heteroatoms. The average molecular weight is 378 g/mol. The predicted octanol–water partition coefficient (Wildman–Crippen LogP) is 3.89. The molecule has 1 aromatic heterocycles. The SMILES string of the molecule is C#CCn1c(=NC(=O)Cc2cc(C)ccc2OC)sc2cc(CC)ccc21. The van der Waals surface area contributed by atoms with Gasteiger partial charge >= 0.3 is 0 Å². The van der Waals surface area contributed by atoms with Gasteiger partial charge in [0.1, 0.15) is 5.75 Å². The molecule has 0 aliphatic heterocycles. The molecule has 3 aromatic rings. The highest BCUT2D eigenvalue weighted by Crippen LogP contribution is 2.21. The Bertz CT molecular complexity index is 1100. The fourth-order valence-corrected chi connectivity index (χ4v) is 4.13. The van der Waals surface area contributed by atoms with Crippen LogP contribution in [0.1, 0.15) is 23.6 Å². The van der Waals surface area contributed by atoms with Gasteiger partial charge in [0.25, 0.3) is 5.91 Å². The average Bonchev–Trinajstić information content (AvgIpc) is 2.98. The number of carbonyl (C=O) groups excluding carboxylic acids is 1. The first-order valence-electron chi connectivity index (χ1n) is 8.82. The van der Waals surface area contributed by atoms with Crippen molar-refractivity contribution >= 4 is 27.5 Å². The molecule has 4 nitrogen and oxygen atoms in total. The number of fused-ring (bicyclic) bond motifs is 1. The van der Waals surface area contributed by atoms with Gasteiger partial charge < -0.3 is 9.30 Å². The molecule has 0 aliphatic carbocycles. The second-order valence-corrected chi connectivity index (χ2v) is 7.34. The molecular weight excluding hydrogens is 356 g/mol. The molecule has 0 bridgehead atoms. The highest BCUT2D eigenvalue weighted by atomic mass is 32.1. The largest absolute Gasteiger partial charge is 0.496 e. The third-order valence-corrected chi connectivity index (χ3v) is 5.44. The molecular formula is C22H22N2O2S. The van der Waals surface area contributed by atoms with Crippen LogP contribution in [0.5, 0.6) is 5.75 Å². The highest BCUT2D eigenvalue weighted by molar-refractivity contribution is 7.16. The van der Waals surface area contributed by atoms with Crippen molar-refractivity contribution in [3.8, 4) is 18.1 Å². The summed E-state index contributed by atoms with van der Waals surface area (Å²) in [5.41, 5.74) is 4.17. The second-order valence-electron chi connectivity index (χ2n) is 6.33. The molecule has 0 saturated carbocycles. The van der Waals surface area contributed by atoms with Gasteiger partial charge in [-0.2, -0.15) is 4.99 Å². The summed E-state index contributed by atoms with van der Waals surface area (Å²) >= 11 is 1.49. The number of aromatic nitrogens is 1. The van der Waals surface area contributed by atoms with Gasteiger partial charge in [0.05, 0.1) is 30.3 Å². The minimum Gasteiger partial charge on any atom is -0.496 e. The molecule has 0 unspecified atom stereocenters. The summed E-state index contributed by atoms with van der Waals surface area (Å²) in [5, 5.41) is 0. The first-order chi connectivity index (χ1) is 13.0. The lowest BCUT2D eigenvalue weighted by atomic mass is 10.1. The molecule has 0 spiro atoms. The van der Waals surface area contributed by atoms with Gasteiger partial charge in [-0.05, 0) is 37.1 Å². The number of ether oxygens (including phenoxy) is 1. The number of terminal acetylenes is 1. The van der Waals surface area contributed by atoms with Crippen molar-refractivity contribution in [1.82, 2.24) is 4.57 Å². The molecule has 1 amide bonds. The molecule has 2 aromatic carbocycles. The van der Waals surface area contributed by atoms with E-state index in [9.17, 15) is 4.79 Å². The Hall–Kier alpha value is -2.84. The van der Waals surface area contributed by atoms with Gasteiger partial charge in [0, 0.05) is 5.56 Å². The van der Waals surface area contributed by atoms with Gasteiger partial charge in [-0.15, -0.1) is 6.42 Å². The van der Waals surface area contributed by atoms with Crippen LogP contribution in [-0.4, -0.2) is 17.6 Å². The zero-order valence-corrected chi connectivity index (χ0v) is 16.6. The Labute approximate surface area is 163 Å². The Morgan fingerprint density at radius 2 is 2.11 bits per heavy atom. The van der Waals surface area contributed by atoms with E-state index in [1.807, 2.05) is 29.7 Å². The number of hydrogen-bond donors (Lipinski definition) is 0. The van der Waals surface area contributed by atoms with Crippen LogP contribution in [0.25, 0.3) is 10.2 Å². The van der Waals surface area contributed by atoms with E-state index in [0.717, 1.165) is 27.8 Å². The molecule has 0 saturated heterocycles. The molecule has 27 heavy (non-hydrogen) atoms.